The van der Waals surface area contributed by atoms with Gasteiger partial charge in [-0.3, -0.25) is 0 Å². The molecule has 0 bridgehead atoms. The third-order valence-corrected chi connectivity index (χ3v) is 14.0. The number of rotatable bonds is 12. The first-order valence-electron chi connectivity index (χ1n) is 24.8. The van der Waals surface area contributed by atoms with Crippen molar-refractivity contribution in [2.75, 3.05) is 9.80 Å². The van der Waals surface area contributed by atoms with Gasteiger partial charge in [0.2, 0.25) is 0 Å². The normalized spacial score (nSPS) is 12.2. The molecule has 0 amide bonds. The predicted molar refractivity (Wildman–Crippen MR) is 300 cm³/mol. The summed E-state index contributed by atoms with van der Waals surface area (Å²) in [7, 11) is 0. The van der Waals surface area contributed by atoms with Crippen LogP contribution in [-0.2, 0) is 0 Å². The van der Waals surface area contributed by atoms with Gasteiger partial charge in [-0.25, -0.2) is 0 Å². The molecule has 0 saturated heterocycles. The molecule has 6 heteroatoms. The largest absolute Gasteiger partial charge is 0.872 e. The second-order valence-electron chi connectivity index (χ2n) is 19.0. The van der Waals surface area contributed by atoms with Crippen molar-refractivity contribution in [3.63, 3.8) is 0 Å². The lowest BCUT2D eigenvalue weighted by Gasteiger charge is -2.40. The number of para-hydroxylation sites is 4. The Morgan fingerprint density at radius 3 is 0.770 bits per heavy atom. The zero-order valence-corrected chi connectivity index (χ0v) is 41.5. The molecule has 0 aromatic heterocycles. The summed E-state index contributed by atoms with van der Waals surface area (Å²) in [5.41, 5.74) is 17.3. The van der Waals surface area contributed by atoms with E-state index in [1.807, 2.05) is 60.7 Å². The van der Waals surface area contributed by atoms with Gasteiger partial charge in [-0.1, -0.05) is 204 Å². The lowest BCUT2D eigenvalue weighted by molar-refractivity contribution is -0.316. The number of anilines is 6. The Balaban J connectivity index is 0.982. The van der Waals surface area contributed by atoms with Crippen LogP contribution >= 0.6 is 0 Å². The molecule has 1 aliphatic rings. The summed E-state index contributed by atoms with van der Waals surface area (Å²) in [6.07, 6.45) is 0. The molecule has 360 valence electrons. The second kappa shape index (κ2) is 19.6. The van der Waals surface area contributed by atoms with Gasteiger partial charge in [-0.05, 0) is 110 Å². The second-order valence-corrected chi connectivity index (χ2v) is 19.0. The van der Waals surface area contributed by atoms with Crippen molar-refractivity contribution in [2.24, 2.45) is 0 Å². The lowest BCUT2D eigenvalue weighted by atomic mass is 9.83. The number of aromatic hydroxyl groups is 2. The summed E-state index contributed by atoms with van der Waals surface area (Å²) in [5, 5.41) is 52.7. The molecular weight excluding hydrogens is 909 g/mol. The highest BCUT2D eigenvalue weighted by Crippen LogP contribution is 2.51. The predicted octanol–water partition coefficient (Wildman–Crippen LogP) is 15.8. The van der Waals surface area contributed by atoms with Crippen molar-refractivity contribution in [1.29, 1.82) is 0 Å². The quantitative estimate of drug-likeness (QED) is 0.127. The van der Waals surface area contributed by atoms with E-state index in [0.29, 0.717) is 11.4 Å². The first kappa shape index (κ1) is 46.8. The van der Waals surface area contributed by atoms with Gasteiger partial charge in [0, 0.05) is 56.9 Å². The maximum absolute atomic E-state index is 14.4. The molecule has 0 spiro atoms. The lowest BCUT2D eigenvalue weighted by Crippen LogP contribution is -2.27. The van der Waals surface area contributed by atoms with Gasteiger partial charge in [0.25, 0.3) is 0 Å². The fraction of sp³-hybridized carbons (Fsp3) is 0.0588. The Kier molecular flexibility index (Phi) is 12.4. The minimum absolute atomic E-state index is 0.119. The van der Waals surface area contributed by atoms with Crippen molar-refractivity contribution in [3.8, 4) is 56.0 Å². The van der Waals surface area contributed by atoms with Crippen molar-refractivity contribution in [1.82, 2.24) is 0 Å². The van der Waals surface area contributed by atoms with E-state index in [2.05, 4.69) is 183 Å². The third kappa shape index (κ3) is 8.73. The van der Waals surface area contributed by atoms with Gasteiger partial charge in [0.05, 0.1) is 22.7 Å². The molecule has 0 heterocycles. The fourth-order valence-electron chi connectivity index (χ4n) is 10.0. The summed E-state index contributed by atoms with van der Waals surface area (Å²) in [5.74, 6) is -1.56. The van der Waals surface area contributed by atoms with Crippen molar-refractivity contribution in [3.05, 3.63) is 275 Å². The average Bonchev–Trinajstić information content (AvgIpc) is 3.43. The van der Waals surface area contributed by atoms with E-state index in [0.717, 1.165) is 89.5 Å². The number of allylic oxidation sites excluding steroid dienone is 2. The van der Waals surface area contributed by atoms with Crippen LogP contribution in [0.1, 0.15) is 33.4 Å². The monoisotopic (exact) mass is 960 g/mol. The van der Waals surface area contributed by atoms with Crippen molar-refractivity contribution >= 4 is 45.3 Å². The van der Waals surface area contributed by atoms with Crippen LogP contribution in [0.5, 0.6) is 11.5 Å². The summed E-state index contributed by atoms with van der Waals surface area (Å²) in [6.45, 7) is 8.26. The topological polar surface area (TPSA) is 93.1 Å². The maximum atomic E-state index is 14.4. The summed E-state index contributed by atoms with van der Waals surface area (Å²) < 4.78 is 0. The number of phenolic OH excluding ortho intramolecular Hbond substituents is 2. The third-order valence-electron chi connectivity index (χ3n) is 14.0. The summed E-state index contributed by atoms with van der Waals surface area (Å²) in [6, 6.07) is 76.4. The van der Waals surface area contributed by atoms with Crippen molar-refractivity contribution in [2.45, 2.75) is 27.7 Å². The molecule has 6 nitrogen and oxygen atoms in total. The molecule has 0 fully saturated rings. The Hall–Kier alpha value is -9.52. The molecular formula is C68H52N2O4-2. The van der Waals surface area contributed by atoms with E-state index in [9.17, 15) is 20.4 Å². The molecule has 11 rings (SSSR count). The first-order chi connectivity index (χ1) is 36.0. The molecule has 74 heavy (non-hydrogen) atoms. The molecule has 0 atom stereocenters. The Labute approximate surface area is 432 Å². The number of nitrogens with zero attached hydrogens (tertiary/aromatic N) is 2. The Morgan fingerprint density at radius 1 is 0.284 bits per heavy atom. The van der Waals surface area contributed by atoms with E-state index in [-0.39, 0.29) is 33.8 Å². The van der Waals surface area contributed by atoms with Crippen LogP contribution in [0.4, 0.5) is 34.1 Å². The van der Waals surface area contributed by atoms with Gasteiger partial charge >= 0.3 is 0 Å². The zero-order valence-electron chi connectivity index (χ0n) is 41.5. The van der Waals surface area contributed by atoms with Crippen LogP contribution < -0.4 is 20.0 Å². The van der Waals surface area contributed by atoms with Gasteiger partial charge in [0.1, 0.15) is 11.5 Å². The number of phenols is 2. The van der Waals surface area contributed by atoms with Gasteiger partial charge in [-0.2, -0.15) is 0 Å². The minimum Gasteiger partial charge on any atom is -0.872 e. The molecule has 0 aliphatic heterocycles. The van der Waals surface area contributed by atoms with Crippen LogP contribution in [-0.4, -0.2) is 10.2 Å². The van der Waals surface area contributed by atoms with E-state index >= 15 is 0 Å². The Bertz CT molecular complexity index is 3360. The van der Waals surface area contributed by atoms with Crippen LogP contribution in [0.2, 0.25) is 0 Å². The number of hydrogen-bond acceptors (Lipinski definition) is 6. The SMILES string of the molecule is Cc1ccc(-c2ccccc2N(c2ccc(C3=C([O-])C(c4ccc(N(c5ccccc5-c5ccc(C)cc5)c5ccccc5-c5ccc(C)cc5)cc4O)=C3[O-])c(O)c2)c2ccccc2-c2ccc(C)cc2)cc1. The van der Waals surface area contributed by atoms with Crippen LogP contribution in [0.15, 0.2) is 242 Å². The summed E-state index contributed by atoms with van der Waals surface area (Å²) >= 11 is 0. The highest BCUT2D eigenvalue weighted by molar-refractivity contribution is 6.08. The molecule has 1 aliphatic carbocycles. The highest BCUT2D eigenvalue weighted by Gasteiger charge is 2.27. The molecule has 2 N–H and O–H groups in total. The van der Waals surface area contributed by atoms with E-state index < -0.39 is 11.5 Å². The molecule has 10 aromatic rings. The van der Waals surface area contributed by atoms with E-state index in [1.165, 1.54) is 0 Å². The molecule has 0 saturated carbocycles. The Morgan fingerprint density at radius 2 is 0.527 bits per heavy atom. The van der Waals surface area contributed by atoms with Crippen molar-refractivity contribution < 1.29 is 20.4 Å². The summed E-state index contributed by atoms with van der Waals surface area (Å²) in [4.78, 5) is 4.23. The van der Waals surface area contributed by atoms with Gasteiger partial charge in [0.15, 0.2) is 0 Å². The maximum Gasteiger partial charge on any atom is 0.125 e. The fourth-order valence-corrected chi connectivity index (χ4v) is 10.0. The molecule has 0 radical (unpaired) electrons. The number of aryl methyl sites for hydroxylation is 4. The minimum atomic E-state index is -0.557. The standard InChI is InChI=1S/C68H54N2O4/c1-43-21-29-47(30-22-43)53-13-5-9-17-59(53)69(60-18-10-6-14-54(60)48-31-23-44(2)24-32-48)51-37-39-57(63(71)41-51)65-67(73)66(68(65)74)58-40-38-52(42-64(58)72)70(61-19-11-7-15-55(61)49-33-25-45(3)26-34-49)62-20-12-8-16-56(62)50-35-27-46(4)28-36-50/h5-42,71-74H,1-4H3/p-2. The van der Waals surface area contributed by atoms with Gasteiger partial charge < -0.3 is 30.2 Å². The first-order valence-corrected chi connectivity index (χ1v) is 24.8. The number of hydrogen-bond donors (Lipinski definition) is 2. The van der Waals surface area contributed by atoms with Crippen LogP contribution in [0, 0.1) is 27.7 Å². The molecule has 0 unspecified atom stereocenters. The average molecular weight is 961 g/mol. The highest BCUT2D eigenvalue weighted by atomic mass is 16.3. The van der Waals surface area contributed by atoms with Gasteiger partial charge in [-0.15, -0.1) is 0 Å². The molecule has 10 aromatic carbocycles. The van der Waals surface area contributed by atoms with Crippen LogP contribution in [0.25, 0.3) is 55.7 Å². The van der Waals surface area contributed by atoms with Crippen LogP contribution in [0.3, 0.4) is 0 Å². The van der Waals surface area contributed by atoms with E-state index in [4.69, 9.17) is 0 Å². The number of benzene rings is 10. The smallest absolute Gasteiger partial charge is 0.125 e. The zero-order chi connectivity index (χ0) is 51.0. The van der Waals surface area contributed by atoms with E-state index in [1.54, 1.807) is 24.3 Å².